The van der Waals surface area contributed by atoms with Crippen LogP contribution in [0.25, 0.3) is 0 Å². The van der Waals surface area contributed by atoms with Crippen molar-refractivity contribution in [3.8, 4) is 0 Å². The first kappa shape index (κ1) is 11.6. The Hall–Kier alpha value is -0.870. The fraction of sp³-hybridized carbons (Fsp3) is 0.750. The molecule has 1 N–H and O–H groups in total. The average molecular weight is 223 g/mol. The first-order valence-electron chi connectivity index (χ1n) is 6.03. The first-order chi connectivity index (χ1) is 7.75. The average Bonchev–Trinajstić information content (AvgIpc) is 2.84. The van der Waals surface area contributed by atoms with Gasteiger partial charge in [-0.1, -0.05) is 0 Å². The maximum Gasteiger partial charge on any atom is 0.0638 e. The van der Waals surface area contributed by atoms with Crippen LogP contribution >= 0.6 is 0 Å². The van der Waals surface area contributed by atoms with Crippen molar-refractivity contribution in [3.05, 3.63) is 17.5 Å². The van der Waals surface area contributed by atoms with Gasteiger partial charge >= 0.3 is 0 Å². The lowest BCUT2D eigenvalue weighted by Crippen LogP contribution is -2.18. The number of hydrogen-bond acceptors (Lipinski definition) is 3. The second-order valence-corrected chi connectivity index (χ2v) is 4.61. The molecule has 0 saturated carbocycles. The molecule has 1 fully saturated rings. The van der Waals surface area contributed by atoms with Gasteiger partial charge in [-0.25, -0.2) is 0 Å². The monoisotopic (exact) mass is 223 g/mol. The van der Waals surface area contributed by atoms with Crippen LogP contribution < -0.4 is 5.32 Å². The zero-order valence-electron chi connectivity index (χ0n) is 10.2. The maximum atomic E-state index is 5.35. The largest absolute Gasteiger partial charge is 0.381 e. The van der Waals surface area contributed by atoms with Gasteiger partial charge in [0, 0.05) is 38.6 Å². The number of nitrogens with zero attached hydrogens (tertiary/aromatic N) is 2. The zero-order valence-corrected chi connectivity index (χ0v) is 10.2. The normalized spacial score (nSPS) is 20.5. The zero-order chi connectivity index (χ0) is 11.4. The van der Waals surface area contributed by atoms with Crippen LogP contribution in [-0.4, -0.2) is 29.5 Å². The molecule has 2 heterocycles. The van der Waals surface area contributed by atoms with E-state index in [0.29, 0.717) is 0 Å². The molecular weight excluding hydrogens is 202 g/mol. The maximum absolute atomic E-state index is 5.35. The standard InChI is InChI=1S/C12H21N3O/c1-10-12(8-15(2)14-10)7-13-5-3-11-4-6-16-9-11/h8,11,13H,3-7,9H2,1-2H3. The van der Waals surface area contributed by atoms with Crippen LogP contribution in [0.5, 0.6) is 0 Å². The van der Waals surface area contributed by atoms with E-state index in [0.717, 1.165) is 37.9 Å². The van der Waals surface area contributed by atoms with Crippen LogP contribution in [-0.2, 0) is 18.3 Å². The molecule has 1 saturated heterocycles. The number of aryl methyl sites for hydroxylation is 2. The molecular formula is C12H21N3O. The van der Waals surface area contributed by atoms with Gasteiger partial charge in [-0.2, -0.15) is 5.10 Å². The molecule has 4 heteroatoms. The molecule has 0 aromatic carbocycles. The smallest absolute Gasteiger partial charge is 0.0638 e. The summed E-state index contributed by atoms with van der Waals surface area (Å²) in [6, 6.07) is 0. The molecule has 1 aliphatic heterocycles. The second-order valence-electron chi connectivity index (χ2n) is 4.61. The molecule has 1 aromatic heterocycles. The van der Waals surface area contributed by atoms with E-state index in [9.17, 15) is 0 Å². The Morgan fingerprint density at radius 2 is 2.50 bits per heavy atom. The van der Waals surface area contributed by atoms with Crippen molar-refractivity contribution in [2.75, 3.05) is 19.8 Å². The Kier molecular flexibility index (Phi) is 3.96. The first-order valence-corrected chi connectivity index (χ1v) is 6.03. The van der Waals surface area contributed by atoms with E-state index in [4.69, 9.17) is 4.74 Å². The fourth-order valence-electron chi connectivity index (χ4n) is 2.16. The van der Waals surface area contributed by atoms with E-state index < -0.39 is 0 Å². The number of rotatable bonds is 5. The summed E-state index contributed by atoms with van der Waals surface area (Å²) in [5.41, 5.74) is 2.42. The quantitative estimate of drug-likeness (QED) is 0.763. The molecule has 16 heavy (non-hydrogen) atoms. The predicted octanol–water partition coefficient (Wildman–Crippen LogP) is 1.24. The summed E-state index contributed by atoms with van der Waals surface area (Å²) in [7, 11) is 1.96. The van der Waals surface area contributed by atoms with Gasteiger partial charge in [0.1, 0.15) is 0 Å². The Bertz CT molecular complexity index is 329. The van der Waals surface area contributed by atoms with Gasteiger partial charge in [0.15, 0.2) is 0 Å². The van der Waals surface area contributed by atoms with E-state index in [-0.39, 0.29) is 0 Å². The van der Waals surface area contributed by atoms with E-state index in [2.05, 4.69) is 23.5 Å². The Morgan fingerprint density at radius 1 is 1.62 bits per heavy atom. The molecule has 1 aliphatic rings. The predicted molar refractivity (Wildman–Crippen MR) is 63.2 cm³/mol. The molecule has 1 atom stereocenters. The van der Waals surface area contributed by atoms with Crippen molar-refractivity contribution in [2.45, 2.75) is 26.3 Å². The fourth-order valence-corrected chi connectivity index (χ4v) is 2.16. The highest BCUT2D eigenvalue weighted by Gasteiger charge is 2.14. The van der Waals surface area contributed by atoms with Gasteiger partial charge in [0.2, 0.25) is 0 Å². The number of aromatic nitrogens is 2. The lowest BCUT2D eigenvalue weighted by molar-refractivity contribution is 0.184. The molecule has 0 amide bonds. The van der Waals surface area contributed by atoms with Gasteiger partial charge in [-0.15, -0.1) is 0 Å². The Morgan fingerprint density at radius 3 is 3.12 bits per heavy atom. The molecule has 0 radical (unpaired) electrons. The minimum Gasteiger partial charge on any atom is -0.381 e. The molecule has 4 nitrogen and oxygen atoms in total. The molecule has 90 valence electrons. The molecule has 2 rings (SSSR count). The third-order valence-corrected chi connectivity index (χ3v) is 3.18. The molecule has 0 spiro atoms. The third-order valence-electron chi connectivity index (χ3n) is 3.18. The SMILES string of the molecule is Cc1nn(C)cc1CNCCC1CCOC1. The summed E-state index contributed by atoms with van der Waals surface area (Å²) in [4.78, 5) is 0. The van der Waals surface area contributed by atoms with Crippen molar-refractivity contribution >= 4 is 0 Å². The van der Waals surface area contributed by atoms with Gasteiger partial charge in [-0.3, -0.25) is 4.68 Å². The summed E-state index contributed by atoms with van der Waals surface area (Å²) in [5.74, 6) is 0.766. The second kappa shape index (κ2) is 5.46. The van der Waals surface area contributed by atoms with Crippen molar-refractivity contribution in [1.29, 1.82) is 0 Å². The molecule has 1 unspecified atom stereocenters. The number of ether oxygens (including phenoxy) is 1. The van der Waals surface area contributed by atoms with E-state index in [1.807, 2.05) is 11.7 Å². The molecule has 1 aromatic rings. The Balaban J connectivity index is 1.65. The van der Waals surface area contributed by atoms with Crippen LogP contribution in [0.1, 0.15) is 24.1 Å². The molecule has 0 aliphatic carbocycles. The summed E-state index contributed by atoms with van der Waals surface area (Å²) >= 11 is 0. The van der Waals surface area contributed by atoms with Gasteiger partial charge in [-0.05, 0) is 32.2 Å². The van der Waals surface area contributed by atoms with Crippen LogP contribution in [0.4, 0.5) is 0 Å². The summed E-state index contributed by atoms with van der Waals surface area (Å²) < 4.78 is 7.23. The minimum absolute atomic E-state index is 0.766. The highest BCUT2D eigenvalue weighted by molar-refractivity contribution is 5.14. The van der Waals surface area contributed by atoms with Gasteiger partial charge in [0.05, 0.1) is 5.69 Å². The summed E-state index contributed by atoms with van der Waals surface area (Å²) in [6.07, 6.45) is 4.54. The van der Waals surface area contributed by atoms with Crippen molar-refractivity contribution < 1.29 is 4.74 Å². The number of hydrogen-bond donors (Lipinski definition) is 1. The van der Waals surface area contributed by atoms with Gasteiger partial charge in [0.25, 0.3) is 0 Å². The van der Waals surface area contributed by atoms with Crippen LogP contribution in [0, 0.1) is 12.8 Å². The van der Waals surface area contributed by atoms with E-state index in [1.54, 1.807) is 0 Å². The lowest BCUT2D eigenvalue weighted by Gasteiger charge is -2.08. The topological polar surface area (TPSA) is 39.1 Å². The highest BCUT2D eigenvalue weighted by Crippen LogP contribution is 2.15. The van der Waals surface area contributed by atoms with Crippen molar-refractivity contribution in [1.82, 2.24) is 15.1 Å². The summed E-state index contributed by atoms with van der Waals surface area (Å²) in [5, 5.41) is 7.80. The highest BCUT2D eigenvalue weighted by atomic mass is 16.5. The van der Waals surface area contributed by atoms with Crippen molar-refractivity contribution in [2.24, 2.45) is 13.0 Å². The van der Waals surface area contributed by atoms with Crippen molar-refractivity contribution in [3.63, 3.8) is 0 Å². The van der Waals surface area contributed by atoms with E-state index >= 15 is 0 Å². The summed E-state index contributed by atoms with van der Waals surface area (Å²) in [6.45, 7) is 5.96. The van der Waals surface area contributed by atoms with Crippen LogP contribution in [0.15, 0.2) is 6.20 Å². The van der Waals surface area contributed by atoms with Crippen LogP contribution in [0.2, 0.25) is 0 Å². The third kappa shape index (κ3) is 3.06. The lowest BCUT2D eigenvalue weighted by atomic mass is 10.1. The molecule has 0 bridgehead atoms. The van der Waals surface area contributed by atoms with Gasteiger partial charge < -0.3 is 10.1 Å². The van der Waals surface area contributed by atoms with Crippen LogP contribution in [0.3, 0.4) is 0 Å². The minimum atomic E-state index is 0.766. The number of nitrogens with one attached hydrogen (secondary N) is 1. The Labute approximate surface area is 97.0 Å². The van der Waals surface area contributed by atoms with E-state index in [1.165, 1.54) is 18.4 Å².